The monoisotopic (exact) mass is 429 g/mol. The SMILES string of the molecule is CCOc1ccccc1OCC(=O)N[C@@H](C)c1cc(F)ccc1N1CCN(CC)CC1. The van der Waals surface area contributed by atoms with Crippen molar-refractivity contribution in [3.8, 4) is 11.5 Å². The minimum atomic E-state index is -0.354. The Kier molecular flexibility index (Phi) is 8.12. The number of halogens is 1. The summed E-state index contributed by atoms with van der Waals surface area (Å²) in [7, 11) is 0. The number of anilines is 1. The number of rotatable bonds is 9. The molecule has 1 heterocycles. The van der Waals surface area contributed by atoms with E-state index in [-0.39, 0.29) is 24.4 Å². The van der Waals surface area contributed by atoms with Gasteiger partial charge in [0.25, 0.3) is 5.91 Å². The third kappa shape index (κ3) is 6.10. The average molecular weight is 430 g/mol. The number of carbonyl (C=O) groups is 1. The fraction of sp³-hybridized carbons (Fsp3) is 0.458. The number of hydrogen-bond donors (Lipinski definition) is 1. The normalized spacial score (nSPS) is 15.4. The van der Waals surface area contributed by atoms with Crippen LogP contribution in [0, 0.1) is 5.82 Å². The summed E-state index contributed by atoms with van der Waals surface area (Å²) < 4.78 is 25.2. The van der Waals surface area contributed by atoms with Gasteiger partial charge in [0.1, 0.15) is 5.82 Å². The number of hydrogen-bond acceptors (Lipinski definition) is 5. The summed E-state index contributed by atoms with van der Waals surface area (Å²) in [5.41, 5.74) is 1.74. The van der Waals surface area contributed by atoms with Crippen molar-refractivity contribution in [2.75, 3.05) is 50.8 Å². The van der Waals surface area contributed by atoms with Crippen LogP contribution in [0.25, 0.3) is 0 Å². The minimum Gasteiger partial charge on any atom is -0.490 e. The number of ether oxygens (including phenoxy) is 2. The molecule has 0 spiro atoms. The molecule has 0 radical (unpaired) electrons. The van der Waals surface area contributed by atoms with Gasteiger partial charge < -0.3 is 24.6 Å². The molecule has 1 saturated heterocycles. The largest absolute Gasteiger partial charge is 0.490 e. The van der Waals surface area contributed by atoms with E-state index in [1.807, 2.05) is 32.0 Å². The molecule has 0 aliphatic carbocycles. The van der Waals surface area contributed by atoms with Crippen LogP contribution < -0.4 is 19.7 Å². The molecule has 1 aliphatic rings. The first-order chi connectivity index (χ1) is 15.0. The maximum absolute atomic E-state index is 14.0. The zero-order valence-electron chi connectivity index (χ0n) is 18.6. The van der Waals surface area contributed by atoms with Gasteiger partial charge in [-0.05, 0) is 50.7 Å². The molecular formula is C24H32FN3O3. The summed E-state index contributed by atoms with van der Waals surface area (Å²) in [6.07, 6.45) is 0. The highest BCUT2D eigenvalue weighted by atomic mass is 19.1. The van der Waals surface area contributed by atoms with Crippen molar-refractivity contribution in [3.63, 3.8) is 0 Å². The van der Waals surface area contributed by atoms with Crippen molar-refractivity contribution in [2.24, 2.45) is 0 Å². The zero-order chi connectivity index (χ0) is 22.2. The van der Waals surface area contributed by atoms with Gasteiger partial charge >= 0.3 is 0 Å². The van der Waals surface area contributed by atoms with Gasteiger partial charge in [0.05, 0.1) is 12.6 Å². The van der Waals surface area contributed by atoms with Gasteiger partial charge in [-0.25, -0.2) is 4.39 Å². The Morgan fingerprint density at radius 1 is 1.06 bits per heavy atom. The summed E-state index contributed by atoms with van der Waals surface area (Å²) in [4.78, 5) is 17.2. The molecule has 1 fully saturated rings. The zero-order valence-corrected chi connectivity index (χ0v) is 18.6. The summed E-state index contributed by atoms with van der Waals surface area (Å²) in [5, 5.41) is 2.94. The molecule has 0 unspecified atom stereocenters. The molecule has 6 nitrogen and oxygen atoms in total. The van der Waals surface area contributed by atoms with E-state index in [1.54, 1.807) is 12.1 Å². The number of piperazine rings is 1. The molecule has 0 saturated carbocycles. The Hall–Kier alpha value is -2.80. The second-order valence-corrected chi connectivity index (χ2v) is 7.58. The standard InChI is InChI=1S/C24H32FN3O3/c1-4-27-12-14-28(15-13-27)21-11-10-19(25)16-20(21)18(3)26-24(29)17-31-23-9-7-6-8-22(23)30-5-2/h6-11,16,18H,4-5,12-15,17H2,1-3H3,(H,26,29)/t18-/m0/s1. The third-order valence-electron chi connectivity index (χ3n) is 5.50. The Morgan fingerprint density at radius 2 is 1.74 bits per heavy atom. The molecule has 31 heavy (non-hydrogen) atoms. The van der Waals surface area contributed by atoms with E-state index in [2.05, 4.69) is 22.0 Å². The number of amides is 1. The van der Waals surface area contributed by atoms with Crippen molar-refractivity contribution >= 4 is 11.6 Å². The molecular weight excluding hydrogens is 397 g/mol. The molecule has 0 bridgehead atoms. The van der Waals surface area contributed by atoms with E-state index < -0.39 is 0 Å². The maximum atomic E-state index is 14.0. The smallest absolute Gasteiger partial charge is 0.258 e. The molecule has 1 atom stereocenters. The number of carbonyl (C=O) groups excluding carboxylic acids is 1. The van der Waals surface area contributed by atoms with E-state index in [4.69, 9.17) is 9.47 Å². The van der Waals surface area contributed by atoms with Gasteiger partial charge in [-0.1, -0.05) is 19.1 Å². The van der Waals surface area contributed by atoms with Crippen LogP contribution >= 0.6 is 0 Å². The van der Waals surface area contributed by atoms with E-state index in [0.29, 0.717) is 18.1 Å². The summed E-state index contributed by atoms with van der Waals surface area (Å²) in [6, 6.07) is 11.7. The Morgan fingerprint density at radius 3 is 2.39 bits per heavy atom. The van der Waals surface area contributed by atoms with Gasteiger partial charge in [-0.15, -0.1) is 0 Å². The van der Waals surface area contributed by atoms with Gasteiger partial charge in [-0.3, -0.25) is 4.79 Å². The predicted octanol–water partition coefficient (Wildman–Crippen LogP) is 3.62. The summed E-state index contributed by atoms with van der Waals surface area (Å²) in [5.74, 6) is 0.538. The molecule has 7 heteroatoms. The Balaban J connectivity index is 1.64. The molecule has 2 aromatic carbocycles. The van der Waals surface area contributed by atoms with Crippen LogP contribution in [0.4, 0.5) is 10.1 Å². The van der Waals surface area contributed by atoms with E-state index in [9.17, 15) is 9.18 Å². The minimum absolute atomic E-state index is 0.145. The van der Waals surface area contributed by atoms with Crippen LogP contribution in [-0.4, -0.2) is 56.7 Å². The van der Waals surface area contributed by atoms with Crippen LogP contribution in [-0.2, 0) is 4.79 Å². The first-order valence-corrected chi connectivity index (χ1v) is 10.9. The highest BCUT2D eigenvalue weighted by molar-refractivity contribution is 5.78. The molecule has 3 rings (SSSR count). The van der Waals surface area contributed by atoms with Gasteiger partial charge in [0, 0.05) is 37.4 Å². The van der Waals surface area contributed by atoms with Gasteiger partial charge in [0.15, 0.2) is 18.1 Å². The van der Waals surface area contributed by atoms with Gasteiger partial charge in [0.2, 0.25) is 0 Å². The lowest BCUT2D eigenvalue weighted by Gasteiger charge is -2.37. The van der Waals surface area contributed by atoms with Gasteiger partial charge in [-0.2, -0.15) is 0 Å². The average Bonchev–Trinajstić information content (AvgIpc) is 2.78. The third-order valence-corrected chi connectivity index (χ3v) is 5.50. The van der Waals surface area contributed by atoms with Crippen molar-refractivity contribution in [2.45, 2.75) is 26.8 Å². The fourth-order valence-electron chi connectivity index (χ4n) is 3.81. The fourth-order valence-corrected chi connectivity index (χ4v) is 3.81. The molecule has 1 aliphatic heterocycles. The summed E-state index contributed by atoms with van der Waals surface area (Å²) >= 11 is 0. The van der Waals surface area contributed by atoms with Crippen molar-refractivity contribution < 1.29 is 18.7 Å². The molecule has 168 valence electrons. The van der Waals surface area contributed by atoms with Crippen molar-refractivity contribution in [1.82, 2.24) is 10.2 Å². The highest BCUT2D eigenvalue weighted by Crippen LogP contribution is 2.29. The van der Waals surface area contributed by atoms with Crippen molar-refractivity contribution in [3.05, 3.63) is 53.8 Å². The second-order valence-electron chi connectivity index (χ2n) is 7.58. The Labute approximate surface area is 183 Å². The lowest BCUT2D eigenvalue weighted by Crippen LogP contribution is -2.46. The number of likely N-dealkylation sites (N-methyl/N-ethyl adjacent to an activating group) is 1. The molecule has 1 N–H and O–H groups in total. The summed E-state index contributed by atoms with van der Waals surface area (Å²) in [6.45, 7) is 11.0. The van der Waals surface area contributed by atoms with E-state index in [0.717, 1.165) is 44.0 Å². The molecule has 1 amide bonds. The van der Waals surface area contributed by atoms with E-state index >= 15 is 0 Å². The first kappa shape index (κ1) is 22.9. The topological polar surface area (TPSA) is 54.0 Å². The van der Waals surface area contributed by atoms with Crippen LogP contribution in [0.5, 0.6) is 11.5 Å². The van der Waals surface area contributed by atoms with E-state index in [1.165, 1.54) is 12.1 Å². The predicted molar refractivity (Wildman–Crippen MR) is 120 cm³/mol. The molecule has 0 aromatic heterocycles. The highest BCUT2D eigenvalue weighted by Gasteiger charge is 2.22. The lowest BCUT2D eigenvalue weighted by molar-refractivity contribution is -0.123. The van der Waals surface area contributed by atoms with Crippen molar-refractivity contribution in [1.29, 1.82) is 0 Å². The lowest BCUT2D eigenvalue weighted by atomic mass is 10.0. The van der Waals surface area contributed by atoms with Crippen LogP contribution in [0.1, 0.15) is 32.4 Å². The second kappa shape index (κ2) is 11.0. The number of nitrogens with zero attached hydrogens (tertiary/aromatic N) is 2. The molecule has 2 aromatic rings. The number of nitrogens with one attached hydrogen (secondary N) is 1. The first-order valence-electron chi connectivity index (χ1n) is 10.9. The van der Waals surface area contributed by atoms with Crippen LogP contribution in [0.2, 0.25) is 0 Å². The Bertz CT molecular complexity index is 869. The number of benzene rings is 2. The quantitative estimate of drug-likeness (QED) is 0.660. The number of para-hydroxylation sites is 2. The maximum Gasteiger partial charge on any atom is 0.258 e. The van der Waals surface area contributed by atoms with Crippen LogP contribution in [0.15, 0.2) is 42.5 Å². The van der Waals surface area contributed by atoms with Crippen LogP contribution in [0.3, 0.4) is 0 Å².